The summed E-state index contributed by atoms with van der Waals surface area (Å²) in [5, 5.41) is 3.32. The average Bonchev–Trinajstić information content (AvgIpc) is 3.21. The van der Waals surface area contributed by atoms with E-state index in [0.29, 0.717) is 18.7 Å². The van der Waals surface area contributed by atoms with Gasteiger partial charge in [0.15, 0.2) is 11.5 Å². The number of hydrogen-bond acceptors (Lipinski definition) is 5. The summed E-state index contributed by atoms with van der Waals surface area (Å²) in [7, 11) is 0. The highest BCUT2D eigenvalue weighted by Gasteiger charge is 2.17. The third kappa shape index (κ3) is 4.16. The van der Waals surface area contributed by atoms with Crippen LogP contribution in [-0.4, -0.2) is 24.2 Å². The minimum absolute atomic E-state index is 0.0719. The molecule has 1 aliphatic rings. The Morgan fingerprint density at radius 3 is 2.79 bits per heavy atom. The van der Waals surface area contributed by atoms with Crippen LogP contribution in [0.25, 0.3) is 0 Å². The fourth-order valence-electron chi connectivity index (χ4n) is 3.30. The zero-order valence-corrected chi connectivity index (χ0v) is 16.5. The lowest BCUT2D eigenvalue weighted by Gasteiger charge is -2.21. The fourth-order valence-corrected chi connectivity index (χ4v) is 3.30. The summed E-state index contributed by atoms with van der Waals surface area (Å²) < 4.78 is 10.8. The van der Waals surface area contributed by atoms with Crippen LogP contribution in [0.2, 0.25) is 0 Å². The number of ether oxygens (including phenoxy) is 2. The Morgan fingerprint density at radius 1 is 1.10 bits per heavy atom. The van der Waals surface area contributed by atoms with Gasteiger partial charge in [-0.1, -0.05) is 18.2 Å². The van der Waals surface area contributed by atoms with E-state index in [4.69, 9.17) is 9.47 Å². The Bertz CT molecular complexity index is 1040. The molecule has 2 aromatic carbocycles. The Labute approximate surface area is 170 Å². The van der Waals surface area contributed by atoms with Gasteiger partial charge in [0.25, 0.3) is 5.91 Å². The van der Waals surface area contributed by atoms with Crippen LogP contribution in [0.4, 0.5) is 11.4 Å². The van der Waals surface area contributed by atoms with E-state index in [2.05, 4.69) is 10.3 Å². The van der Waals surface area contributed by atoms with Crippen molar-refractivity contribution in [1.29, 1.82) is 0 Å². The normalized spacial score (nSPS) is 11.9. The van der Waals surface area contributed by atoms with Crippen LogP contribution >= 0.6 is 0 Å². The van der Waals surface area contributed by atoms with Crippen molar-refractivity contribution in [2.24, 2.45) is 0 Å². The van der Waals surface area contributed by atoms with E-state index in [9.17, 15) is 4.79 Å². The molecule has 148 valence electrons. The van der Waals surface area contributed by atoms with Gasteiger partial charge < -0.3 is 19.7 Å². The number of nitrogens with one attached hydrogen (secondary N) is 1. The molecule has 2 heterocycles. The van der Waals surface area contributed by atoms with Crippen molar-refractivity contribution < 1.29 is 14.3 Å². The third-order valence-electron chi connectivity index (χ3n) is 4.79. The van der Waals surface area contributed by atoms with Crippen molar-refractivity contribution in [3.05, 3.63) is 77.6 Å². The van der Waals surface area contributed by atoms with E-state index < -0.39 is 0 Å². The second kappa shape index (κ2) is 8.22. The highest BCUT2D eigenvalue weighted by Crippen LogP contribution is 2.32. The van der Waals surface area contributed by atoms with Crippen LogP contribution in [0.15, 0.2) is 60.9 Å². The maximum absolute atomic E-state index is 13.1. The van der Waals surface area contributed by atoms with Crippen LogP contribution in [-0.2, 0) is 6.54 Å². The van der Waals surface area contributed by atoms with Crippen molar-refractivity contribution in [2.45, 2.75) is 20.4 Å². The summed E-state index contributed by atoms with van der Waals surface area (Å²) in [4.78, 5) is 19.1. The molecule has 1 aromatic heterocycles. The lowest BCUT2D eigenvalue weighted by atomic mass is 10.1. The molecular formula is C23H23N3O3. The van der Waals surface area contributed by atoms with Crippen molar-refractivity contribution in [1.82, 2.24) is 4.98 Å². The molecule has 0 fully saturated rings. The maximum atomic E-state index is 13.1. The average molecular weight is 389 g/mol. The number of aryl methyl sites for hydroxylation is 1. The molecular weight excluding hydrogens is 366 g/mol. The highest BCUT2D eigenvalue weighted by molar-refractivity contribution is 6.06. The summed E-state index contributed by atoms with van der Waals surface area (Å²) in [6.45, 7) is 5.41. The zero-order valence-electron chi connectivity index (χ0n) is 16.5. The number of aromatic nitrogens is 1. The van der Waals surface area contributed by atoms with Gasteiger partial charge in [-0.2, -0.15) is 0 Å². The van der Waals surface area contributed by atoms with Crippen LogP contribution in [0, 0.1) is 6.92 Å². The van der Waals surface area contributed by atoms with E-state index >= 15 is 0 Å². The SMILES string of the molecule is CCN(C(=O)c1cncc(NCc2ccc3c(c2)OCO3)c1)c1cccc(C)c1. The molecule has 0 unspecified atom stereocenters. The van der Waals surface area contributed by atoms with Crippen molar-refractivity contribution >= 4 is 17.3 Å². The summed E-state index contributed by atoms with van der Waals surface area (Å²) in [6, 6.07) is 15.6. The molecule has 6 heteroatoms. The molecule has 0 radical (unpaired) electrons. The van der Waals surface area contributed by atoms with E-state index in [1.54, 1.807) is 17.3 Å². The highest BCUT2D eigenvalue weighted by atomic mass is 16.7. The minimum Gasteiger partial charge on any atom is -0.454 e. The minimum atomic E-state index is -0.0719. The Balaban J connectivity index is 1.48. The van der Waals surface area contributed by atoms with Crippen LogP contribution in [0.5, 0.6) is 11.5 Å². The van der Waals surface area contributed by atoms with Gasteiger partial charge in [0.1, 0.15) is 0 Å². The number of carbonyl (C=O) groups excluding carboxylic acids is 1. The van der Waals surface area contributed by atoms with Gasteiger partial charge >= 0.3 is 0 Å². The molecule has 0 spiro atoms. The Kier molecular flexibility index (Phi) is 5.33. The third-order valence-corrected chi connectivity index (χ3v) is 4.79. The van der Waals surface area contributed by atoms with Gasteiger partial charge in [-0.25, -0.2) is 0 Å². The predicted molar refractivity (Wildman–Crippen MR) is 113 cm³/mol. The van der Waals surface area contributed by atoms with Gasteiger partial charge in [-0.05, 0) is 55.3 Å². The first-order chi connectivity index (χ1) is 14.1. The molecule has 0 atom stereocenters. The molecule has 0 bridgehead atoms. The smallest absolute Gasteiger partial charge is 0.259 e. The van der Waals surface area contributed by atoms with E-state index in [-0.39, 0.29) is 12.7 Å². The van der Waals surface area contributed by atoms with Crippen molar-refractivity contribution in [3.8, 4) is 11.5 Å². The summed E-state index contributed by atoms with van der Waals surface area (Å²) in [5.41, 5.74) is 4.39. The number of hydrogen-bond donors (Lipinski definition) is 1. The first-order valence-electron chi connectivity index (χ1n) is 9.60. The van der Waals surface area contributed by atoms with E-state index in [1.807, 2.05) is 62.4 Å². The van der Waals surface area contributed by atoms with Gasteiger partial charge in [0.2, 0.25) is 6.79 Å². The quantitative estimate of drug-likeness (QED) is 0.677. The Hall–Kier alpha value is -3.54. The number of fused-ring (bicyclic) bond motifs is 1. The van der Waals surface area contributed by atoms with Crippen molar-refractivity contribution in [3.63, 3.8) is 0 Å². The molecule has 1 amide bonds. The first-order valence-corrected chi connectivity index (χ1v) is 9.60. The molecule has 29 heavy (non-hydrogen) atoms. The molecule has 0 saturated heterocycles. The van der Waals surface area contributed by atoms with Gasteiger partial charge in [-0.15, -0.1) is 0 Å². The largest absolute Gasteiger partial charge is 0.454 e. The van der Waals surface area contributed by atoms with Crippen LogP contribution in [0.3, 0.4) is 0 Å². The standard InChI is InChI=1S/C23H23N3O3/c1-3-26(20-6-4-5-16(2)9-20)23(27)18-11-19(14-24-13-18)25-12-17-7-8-21-22(10-17)29-15-28-21/h4-11,13-14,25H,3,12,15H2,1-2H3. The molecule has 1 N–H and O–H groups in total. The first kappa shape index (κ1) is 18.8. The molecule has 0 saturated carbocycles. The number of carbonyl (C=O) groups is 1. The molecule has 6 nitrogen and oxygen atoms in total. The lowest BCUT2D eigenvalue weighted by molar-refractivity contribution is 0.0988. The number of rotatable bonds is 6. The van der Waals surface area contributed by atoms with Gasteiger partial charge in [0.05, 0.1) is 11.3 Å². The monoisotopic (exact) mass is 389 g/mol. The molecule has 4 rings (SSSR count). The molecule has 0 aliphatic carbocycles. The number of amides is 1. The summed E-state index contributed by atoms with van der Waals surface area (Å²) >= 11 is 0. The summed E-state index contributed by atoms with van der Waals surface area (Å²) in [6.07, 6.45) is 3.32. The molecule has 3 aromatic rings. The van der Waals surface area contributed by atoms with Crippen LogP contribution in [0.1, 0.15) is 28.4 Å². The van der Waals surface area contributed by atoms with Crippen molar-refractivity contribution in [2.75, 3.05) is 23.6 Å². The van der Waals surface area contributed by atoms with E-state index in [1.165, 1.54) is 0 Å². The summed E-state index contributed by atoms with van der Waals surface area (Å²) in [5.74, 6) is 1.44. The van der Waals surface area contributed by atoms with E-state index in [0.717, 1.165) is 34.0 Å². The number of pyridine rings is 1. The zero-order chi connectivity index (χ0) is 20.2. The second-order valence-corrected chi connectivity index (χ2v) is 6.89. The van der Waals surface area contributed by atoms with Gasteiger partial charge in [0, 0.05) is 31.2 Å². The van der Waals surface area contributed by atoms with Crippen LogP contribution < -0.4 is 19.7 Å². The second-order valence-electron chi connectivity index (χ2n) is 6.89. The lowest BCUT2D eigenvalue weighted by Crippen LogP contribution is -2.30. The van der Waals surface area contributed by atoms with Gasteiger partial charge in [-0.3, -0.25) is 9.78 Å². The Morgan fingerprint density at radius 2 is 1.97 bits per heavy atom. The topological polar surface area (TPSA) is 63.7 Å². The molecule has 1 aliphatic heterocycles. The predicted octanol–water partition coefficient (Wildman–Crippen LogP) is 4.40. The fraction of sp³-hybridized carbons (Fsp3) is 0.217. The number of benzene rings is 2. The number of nitrogens with zero attached hydrogens (tertiary/aromatic N) is 2. The number of anilines is 2. The maximum Gasteiger partial charge on any atom is 0.259 e.